The van der Waals surface area contributed by atoms with Crippen molar-refractivity contribution in [2.24, 2.45) is 5.41 Å². The molecule has 1 aromatic rings. The number of rotatable bonds is 3. The monoisotopic (exact) mass is 259 g/mol. The van der Waals surface area contributed by atoms with Crippen LogP contribution in [0.25, 0.3) is 0 Å². The molecule has 1 heterocycles. The summed E-state index contributed by atoms with van der Waals surface area (Å²) in [5, 5.41) is 9.24. The molecule has 1 aliphatic heterocycles. The topological polar surface area (TPSA) is 40.5 Å². The van der Waals surface area contributed by atoms with Gasteiger partial charge < -0.3 is 5.11 Å². The van der Waals surface area contributed by atoms with Crippen molar-refractivity contribution in [3.63, 3.8) is 0 Å². The van der Waals surface area contributed by atoms with E-state index in [1.54, 1.807) is 6.07 Å². The molecule has 1 unspecified atom stereocenters. The van der Waals surface area contributed by atoms with Crippen LogP contribution >= 0.6 is 0 Å². The van der Waals surface area contributed by atoms with Crippen LogP contribution in [0.15, 0.2) is 18.2 Å². The number of carboxylic acid groups (broad SMARTS) is 1. The van der Waals surface area contributed by atoms with Crippen LogP contribution in [0, 0.1) is 5.41 Å². The highest BCUT2D eigenvalue weighted by molar-refractivity contribution is 5.89. The van der Waals surface area contributed by atoms with Crippen molar-refractivity contribution in [3.8, 4) is 0 Å². The highest BCUT2D eigenvalue weighted by Crippen LogP contribution is 2.50. The van der Waals surface area contributed by atoms with Crippen LogP contribution in [0.1, 0.15) is 48.2 Å². The Morgan fingerprint density at radius 3 is 2.79 bits per heavy atom. The molecule has 0 bridgehead atoms. The average Bonchev–Trinajstić information content (AvgIpc) is 3.15. The fraction of sp³-hybridized carbons (Fsp3) is 0.562. The van der Waals surface area contributed by atoms with E-state index >= 15 is 0 Å². The number of hydrogen-bond acceptors (Lipinski definition) is 2. The Balaban J connectivity index is 1.85. The second kappa shape index (κ2) is 4.34. The molecule has 0 amide bonds. The molecule has 102 valence electrons. The predicted octanol–water partition coefficient (Wildman–Crippen LogP) is 2.93. The van der Waals surface area contributed by atoms with Gasteiger partial charge in [0.15, 0.2) is 0 Å². The summed E-state index contributed by atoms with van der Waals surface area (Å²) in [7, 11) is 0. The van der Waals surface area contributed by atoms with Crippen molar-refractivity contribution in [1.82, 2.24) is 4.90 Å². The van der Waals surface area contributed by atoms with Crippen LogP contribution in [-0.2, 0) is 13.0 Å². The zero-order valence-electron chi connectivity index (χ0n) is 11.6. The molecule has 1 N–H and O–H groups in total. The molecule has 1 aliphatic carbocycles. The van der Waals surface area contributed by atoms with Gasteiger partial charge in [-0.2, -0.15) is 0 Å². The Morgan fingerprint density at radius 1 is 1.42 bits per heavy atom. The Morgan fingerprint density at radius 2 is 2.16 bits per heavy atom. The third-order valence-electron chi connectivity index (χ3n) is 5.12. The van der Waals surface area contributed by atoms with Crippen LogP contribution < -0.4 is 0 Å². The van der Waals surface area contributed by atoms with Crippen molar-refractivity contribution in [2.45, 2.75) is 45.7 Å². The van der Waals surface area contributed by atoms with Crippen molar-refractivity contribution in [1.29, 1.82) is 0 Å². The second-order valence-electron chi connectivity index (χ2n) is 6.30. The Bertz CT molecular complexity index is 519. The van der Waals surface area contributed by atoms with Crippen molar-refractivity contribution < 1.29 is 9.90 Å². The average molecular weight is 259 g/mol. The molecule has 0 radical (unpaired) electrons. The molecule has 1 aromatic carbocycles. The number of aromatic carboxylic acids is 1. The summed E-state index contributed by atoms with van der Waals surface area (Å²) in [6.45, 7) is 6.56. The van der Waals surface area contributed by atoms with Gasteiger partial charge in [-0.3, -0.25) is 4.90 Å². The third-order valence-corrected chi connectivity index (χ3v) is 5.12. The van der Waals surface area contributed by atoms with E-state index in [9.17, 15) is 9.90 Å². The maximum atomic E-state index is 11.2. The standard InChI is InChI=1S/C16H21NO2/c1-11(16(2)7-8-16)17-9-6-13-12(10-17)4-3-5-14(13)15(18)19/h3-5,11H,6-10H2,1-2H3,(H,18,19). The van der Waals surface area contributed by atoms with Crippen LogP contribution in [0.4, 0.5) is 0 Å². The molecule has 0 aromatic heterocycles. The van der Waals surface area contributed by atoms with Gasteiger partial charge in [0.05, 0.1) is 5.56 Å². The van der Waals surface area contributed by atoms with E-state index in [0.717, 1.165) is 25.1 Å². The first kappa shape index (κ1) is 12.7. The Labute approximate surface area is 114 Å². The first-order valence-corrected chi connectivity index (χ1v) is 7.09. The number of carboxylic acids is 1. The van der Waals surface area contributed by atoms with Gasteiger partial charge in [-0.05, 0) is 48.8 Å². The van der Waals surface area contributed by atoms with Gasteiger partial charge in [0.1, 0.15) is 0 Å². The first-order chi connectivity index (χ1) is 9.01. The number of fused-ring (bicyclic) bond motifs is 1. The van der Waals surface area contributed by atoms with E-state index in [2.05, 4.69) is 24.8 Å². The fourth-order valence-corrected chi connectivity index (χ4v) is 3.22. The lowest BCUT2D eigenvalue weighted by molar-refractivity contribution is 0.0693. The molecule has 1 atom stereocenters. The van der Waals surface area contributed by atoms with Crippen LogP contribution in [0.2, 0.25) is 0 Å². The van der Waals surface area contributed by atoms with Gasteiger partial charge in [-0.25, -0.2) is 4.79 Å². The largest absolute Gasteiger partial charge is 0.478 e. The summed E-state index contributed by atoms with van der Waals surface area (Å²) < 4.78 is 0. The number of nitrogens with zero attached hydrogens (tertiary/aromatic N) is 1. The van der Waals surface area contributed by atoms with E-state index in [-0.39, 0.29) is 0 Å². The van der Waals surface area contributed by atoms with E-state index in [4.69, 9.17) is 0 Å². The first-order valence-electron chi connectivity index (χ1n) is 7.09. The van der Waals surface area contributed by atoms with Gasteiger partial charge in [0.2, 0.25) is 0 Å². The summed E-state index contributed by atoms with van der Waals surface area (Å²) in [5.41, 5.74) is 3.21. The molecule has 1 fully saturated rings. The summed E-state index contributed by atoms with van der Waals surface area (Å²) in [5.74, 6) is -0.799. The summed E-state index contributed by atoms with van der Waals surface area (Å²) in [6.07, 6.45) is 3.51. The molecule has 3 heteroatoms. The van der Waals surface area contributed by atoms with Gasteiger partial charge >= 0.3 is 5.97 Å². The molecule has 2 aliphatic rings. The highest BCUT2D eigenvalue weighted by atomic mass is 16.4. The molecular formula is C16H21NO2. The summed E-state index contributed by atoms with van der Waals surface area (Å²) in [6, 6.07) is 6.27. The predicted molar refractivity (Wildman–Crippen MR) is 74.3 cm³/mol. The van der Waals surface area contributed by atoms with Crippen molar-refractivity contribution in [2.75, 3.05) is 6.54 Å². The lowest BCUT2D eigenvalue weighted by atomic mass is 9.91. The zero-order chi connectivity index (χ0) is 13.6. The molecule has 0 spiro atoms. The van der Waals surface area contributed by atoms with Crippen LogP contribution in [0.5, 0.6) is 0 Å². The molecule has 1 saturated carbocycles. The summed E-state index contributed by atoms with van der Waals surface area (Å²) >= 11 is 0. The molecule has 3 rings (SSSR count). The van der Waals surface area contributed by atoms with E-state index in [0.29, 0.717) is 17.0 Å². The van der Waals surface area contributed by atoms with Crippen LogP contribution in [0.3, 0.4) is 0 Å². The van der Waals surface area contributed by atoms with Gasteiger partial charge in [-0.15, -0.1) is 0 Å². The van der Waals surface area contributed by atoms with Crippen LogP contribution in [-0.4, -0.2) is 28.6 Å². The maximum absolute atomic E-state index is 11.2. The third kappa shape index (κ3) is 2.16. The second-order valence-corrected chi connectivity index (χ2v) is 6.30. The minimum Gasteiger partial charge on any atom is -0.478 e. The van der Waals surface area contributed by atoms with Crippen molar-refractivity contribution >= 4 is 5.97 Å². The minimum atomic E-state index is -0.799. The van der Waals surface area contributed by atoms with E-state index in [1.807, 2.05) is 6.07 Å². The summed E-state index contributed by atoms with van der Waals surface area (Å²) in [4.78, 5) is 13.8. The number of carbonyl (C=O) groups is 1. The lowest BCUT2D eigenvalue weighted by Crippen LogP contribution is -2.42. The van der Waals surface area contributed by atoms with Gasteiger partial charge in [0.25, 0.3) is 0 Å². The minimum absolute atomic E-state index is 0.488. The quantitative estimate of drug-likeness (QED) is 0.907. The number of hydrogen-bond donors (Lipinski definition) is 1. The van der Waals surface area contributed by atoms with Crippen molar-refractivity contribution in [3.05, 3.63) is 34.9 Å². The molecule has 0 saturated heterocycles. The zero-order valence-corrected chi connectivity index (χ0v) is 11.6. The normalized spacial score (nSPS) is 22.6. The highest BCUT2D eigenvalue weighted by Gasteiger charge is 2.45. The number of benzene rings is 1. The molecule has 19 heavy (non-hydrogen) atoms. The van der Waals surface area contributed by atoms with Gasteiger partial charge in [0, 0.05) is 19.1 Å². The molecule has 3 nitrogen and oxygen atoms in total. The van der Waals surface area contributed by atoms with E-state index in [1.165, 1.54) is 18.4 Å². The Hall–Kier alpha value is -1.35. The lowest BCUT2D eigenvalue weighted by Gasteiger charge is -2.37. The maximum Gasteiger partial charge on any atom is 0.335 e. The van der Waals surface area contributed by atoms with Gasteiger partial charge in [-0.1, -0.05) is 19.1 Å². The van der Waals surface area contributed by atoms with E-state index < -0.39 is 5.97 Å². The SMILES string of the molecule is CC(N1CCc2c(cccc2C(=O)O)C1)C1(C)CC1. The Kier molecular flexibility index (Phi) is 2.90. The fourth-order valence-electron chi connectivity index (χ4n) is 3.22. The smallest absolute Gasteiger partial charge is 0.335 e. The molecular weight excluding hydrogens is 238 g/mol.